The van der Waals surface area contributed by atoms with Crippen LogP contribution in [0.25, 0.3) is 0 Å². The summed E-state index contributed by atoms with van der Waals surface area (Å²) < 4.78 is 1.09. The third-order valence-corrected chi connectivity index (χ3v) is 3.75. The van der Waals surface area contributed by atoms with E-state index in [9.17, 15) is 4.79 Å². The molecule has 1 heterocycles. The molecule has 1 unspecified atom stereocenters. The third kappa shape index (κ3) is 3.07. The fraction of sp³-hybridized carbons (Fsp3) is 0.462. The van der Waals surface area contributed by atoms with E-state index in [1.165, 1.54) is 5.56 Å². The molecule has 1 aliphatic rings. The molecule has 2 rings (SSSR count). The van der Waals surface area contributed by atoms with Crippen LogP contribution in [0.4, 0.5) is 0 Å². The molecule has 1 fully saturated rings. The quantitative estimate of drug-likeness (QED) is 0.929. The summed E-state index contributed by atoms with van der Waals surface area (Å²) in [7, 11) is 0. The predicted molar refractivity (Wildman–Crippen MR) is 70.1 cm³/mol. The summed E-state index contributed by atoms with van der Waals surface area (Å²) in [6.07, 6.45) is 0. The number of carbonyl (C=O) groups is 1. The number of benzene rings is 1. The molecule has 1 aliphatic heterocycles. The van der Waals surface area contributed by atoms with Crippen molar-refractivity contribution >= 4 is 21.9 Å². The maximum atomic E-state index is 10.7. The van der Waals surface area contributed by atoms with Gasteiger partial charge in [-0.1, -0.05) is 35.0 Å². The zero-order chi connectivity index (χ0) is 12.4. The van der Waals surface area contributed by atoms with Gasteiger partial charge in [-0.15, -0.1) is 0 Å². The summed E-state index contributed by atoms with van der Waals surface area (Å²) in [5.41, 5.74) is 1.29. The fourth-order valence-electron chi connectivity index (χ4n) is 2.18. The molecule has 0 amide bonds. The van der Waals surface area contributed by atoms with Crippen LogP contribution >= 0.6 is 15.9 Å². The largest absolute Gasteiger partial charge is 0.481 e. The number of likely N-dealkylation sites (tertiary alicyclic amines) is 1. The van der Waals surface area contributed by atoms with Crippen molar-refractivity contribution < 1.29 is 9.90 Å². The minimum Gasteiger partial charge on any atom is -0.481 e. The summed E-state index contributed by atoms with van der Waals surface area (Å²) in [6.45, 7) is 4.48. The van der Waals surface area contributed by atoms with Crippen LogP contribution in [-0.4, -0.2) is 35.6 Å². The van der Waals surface area contributed by atoms with Gasteiger partial charge >= 0.3 is 5.97 Å². The van der Waals surface area contributed by atoms with Crippen molar-refractivity contribution in [3.8, 4) is 0 Å². The normalized spacial score (nSPS) is 18.7. The van der Waals surface area contributed by atoms with Crippen molar-refractivity contribution in [2.45, 2.75) is 12.8 Å². The maximum absolute atomic E-state index is 10.7. The number of carboxylic acid groups (broad SMARTS) is 1. The van der Waals surface area contributed by atoms with Gasteiger partial charge in [-0.05, 0) is 23.6 Å². The Morgan fingerprint density at radius 3 is 2.88 bits per heavy atom. The summed E-state index contributed by atoms with van der Waals surface area (Å²) in [5.74, 6) is -0.400. The molecule has 0 aliphatic carbocycles. The Kier molecular flexibility index (Phi) is 3.84. The molecule has 0 radical (unpaired) electrons. The summed E-state index contributed by atoms with van der Waals surface area (Å²) in [6, 6.07) is 8.29. The molecule has 1 aromatic rings. The maximum Gasteiger partial charge on any atom is 0.309 e. The molecule has 17 heavy (non-hydrogen) atoms. The van der Waals surface area contributed by atoms with Crippen molar-refractivity contribution in [3.63, 3.8) is 0 Å². The Morgan fingerprint density at radius 1 is 1.59 bits per heavy atom. The zero-order valence-electron chi connectivity index (χ0n) is 9.77. The Morgan fingerprint density at radius 2 is 2.29 bits per heavy atom. The number of carboxylic acids is 1. The number of aliphatic carboxylic acids is 1. The van der Waals surface area contributed by atoms with Gasteiger partial charge in [0.15, 0.2) is 0 Å². The molecule has 1 aromatic carbocycles. The zero-order valence-corrected chi connectivity index (χ0v) is 11.4. The van der Waals surface area contributed by atoms with E-state index in [2.05, 4.69) is 39.9 Å². The monoisotopic (exact) mass is 297 g/mol. The van der Waals surface area contributed by atoms with Gasteiger partial charge in [0, 0.05) is 24.1 Å². The van der Waals surface area contributed by atoms with Crippen LogP contribution in [-0.2, 0) is 4.79 Å². The highest BCUT2D eigenvalue weighted by molar-refractivity contribution is 9.10. The van der Waals surface area contributed by atoms with E-state index in [1.807, 2.05) is 12.1 Å². The lowest BCUT2D eigenvalue weighted by Crippen LogP contribution is -2.51. The smallest absolute Gasteiger partial charge is 0.309 e. The van der Waals surface area contributed by atoms with Crippen molar-refractivity contribution in [1.29, 1.82) is 0 Å². The number of hydrogen-bond acceptors (Lipinski definition) is 2. The van der Waals surface area contributed by atoms with Crippen LogP contribution in [0.2, 0.25) is 0 Å². The number of rotatable bonds is 4. The average molecular weight is 298 g/mol. The predicted octanol–water partition coefficient (Wildman–Crippen LogP) is 2.57. The van der Waals surface area contributed by atoms with Crippen LogP contribution in [0.15, 0.2) is 28.7 Å². The number of hydrogen-bond donors (Lipinski definition) is 1. The fourth-order valence-corrected chi connectivity index (χ4v) is 2.60. The standard InChI is InChI=1S/C13H16BrNO2/c1-9(10-3-2-4-12(14)5-10)6-15-7-11(8-15)13(16)17/h2-5,9,11H,6-8H2,1H3,(H,16,17). The summed E-state index contributed by atoms with van der Waals surface area (Å²) in [4.78, 5) is 12.9. The van der Waals surface area contributed by atoms with Crippen LogP contribution in [0.3, 0.4) is 0 Å². The van der Waals surface area contributed by atoms with E-state index in [1.54, 1.807) is 0 Å². The first-order valence-corrected chi connectivity index (χ1v) is 6.56. The molecule has 92 valence electrons. The van der Waals surface area contributed by atoms with E-state index in [4.69, 9.17) is 5.11 Å². The molecular weight excluding hydrogens is 282 g/mol. The summed E-state index contributed by atoms with van der Waals surface area (Å²) in [5, 5.41) is 8.81. The molecule has 1 saturated heterocycles. The molecule has 0 bridgehead atoms. The molecule has 1 N–H and O–H groups in total. The molecule has 0 saturated carbocycles. The average Bonchev–Trinajstić information content (AvgIpc) is 2.21. The second-order valence-electron chi connectivity index (χ2n) is 4.71. The first-order valence-electron chi connectivity index (χ1n) is 5.77. The molecule has 0 spiro atoms. The second kappa shape index (κ2) is 5.19. The minimum absolute atomic E-state index is 0.162. The van der Waals surface area contributed by atoms with Gasteiger partial charge < -0.3 is 10.0 Å². The first kappa shape index (κ1) is 12.6. The van der Waals surface area contributed by atoms with Gasteiger partial charge in [0.2, 0.25) is 0 Å². The highest BCUT2D eigenvalue weighted by Gasteiger charge is 2.32. The number of nitrogens with zero attached hydrogens (tertiary/aromatic N) is 1. The minimum atomic E-state index is -0.670. The Balaban J connectivity index is 1.86. The van der Waals surface area contributed by atoms with Gasteiger partial charge in [-0.3, -0.25) is 4.79 Å². The van der Waals surface area contributed by atoms with Gasteiger partial charge in [0.1, 0.15) is 0 Å². The van der Waals surface area contributed by atoms with E-state index in [0.29, 0.717) is 19.0 Å². The van der Waals surface area contributed by atoms with E-state index in [-0.39, 0.29) is 5.92 Å². The summed E-state index contributed by atoms with van der Waals surface area (Å²) >= 11 is 3.47. The van der Waals surface area contributed by atoms with Crippen LogP contribution in [0.1, 0.15) is 18.4 Å². The van der Waals surface area contributed by atoms with E-state index >= 15 is 0 Å². The van der Waals surface area contributed by atoms with E-state index in [0.717, 1.165) is 11.0 Å². The lowest BCUT2D eigenvalue weighted by Gasteiger charge is -2.38. The third-order valence-electron chi connectivity index (χ3n) is 3.26. The van der Waals surface area contributed by atoms with Crippen LogP contribution in [0, 0.1) is 5.92 Å². The van der Waals surface area contributed by atoms with Crippen molar-refractivity contribution in [3.05, 3.63) is 34.3 Å². The van der Waals surface area contributed by atoms with Crippen molar-refractivity contribution in [1.82, 2.24) is 4.90 Å². The van der Waals surface area contributed by atoms with Crippen molar-refractivity contribution in [2.24, 2.45) is 5.92 Å². The molecule has 1 atom stereocenters. The topological polar surface area (TPSA) is 40.5 Å². The van der Waals surface area contributed by atoms with Crippen LogP contribution < -0.4 is 0 Å². The van der Waals surface area contributed by atoms with Gasteiger partial charge in [0.05, 0.1) is 5.92 Å². The highest BCUT2D eigenvalue weighted by atomic mass is 79.9. The first-order chi connectivity index (χ1) is 8.06. The van der Waals surface area contributed by atoms with Crippen molar-refractivity contribution in [2.75, 3.05) is 19.6 Å². The molecular formula is C13H16BrNO2. The molecule has 4 heteroatoms. The number of halogens is 1. The SMILES string of the molecule is CC(CN1CC(C(=O)O)C1)c1cccc(Br)c1. The van der Waals surface area contributed by atoms with Gasteiger partial charge in [0.25, 0.3) is 0 Å². The van der Waals surface area contributed by atoms with Gasteiger partial charge in [-0.25, -0.2) is 0 Å². The Hall–Kier alpha value is -0.870. The Labute approximate surface area is 110 Å². The molecule has 0 aromatic heterocycles. The lowest BCUT2D eigenvalue weighted by atomic mass is 9.95. The second-order valence-corrected chi connectivity index (χ2v) is 5.63. The highest BCUT2D eigenvalue weighted by Crippen LogP contribution is 2.24. The Bertz CT molecular complexity index is 416. The molecule has 3 nitrogen and oxygen atoms in total. The van der Waals surface area contributed by atoms with Crippen LogP contribution in [0.5, 0.6) is 0 Å². The van der Waals surface area contributed by atoms with E-state index < -0.39 is 5.97 Å². The lowest BCUT2D eigenvalue weighted by molar-refractivity contribution is -0.147. The van der Waals surface area contributed by atoms with Gasteiger partial charge in [-0.2, -0.15) is 0 Å².